The molecule has 1 atom stereocenters. The van der Waals surface area contributed by atoms with E-state index < -0.39 is 17.7 Å². The zero-order valence-corrected chi connectivity index (χ0v) is 21.8. The molecule has 0 unspecified atom stereocenters. The number of rotatable bonds is 10. The van der Waals surface area contributed by atoms with Crippen LogP contribution in [0.15, 0.2) is 54.1 Å². The first-order chi connectivity index (χ1) is 17.9. The molecule has 1 amide bonds. The SMILES string of the molecule is COc1ccccc1[C@@H]1C(=C(O)c2ccc(OCC(C)C)cc2)C(=O)C(=O)N1CCCN1CCOCC1. The van der Waals surface area contributed by atoms with Gasteiger partial charge in [-0.3, -0.25) is 14.5 Å². The van der Waals surface area contributed by atoms with Gasteiger partial charge in [-0.25, -0.2) is 0 Å². The molecule has 2 saturated heterocycles. The lowest BCUT2D eigenvalue weighted by molar-refractivity contribution is -0.140. The molecule has 8 heteroatoms. The van der Waals surface area contributed by atoms with Gasteiger partial charge in [0.25, 0.3) is 11.7 Å². The Kier molecular flexibility index (Phi) is 8.84. The van der Waals surface area contributed by atoms with Crippen molar-refractivity contribution in [1.82, 2.24) is 9.80 Å². The summed E-state index contributed by atoms with van der Waals surface area (Å²) in [5, 5.41) is 11.3. The molecule has 2 aromatic carbocycles. The van der Waals surface area contributed by atoms with Gasteiger partial charge < -0.3 is 24.2 Å². The molecule has 0 radical (unpaired) electrons. The van der Waals surface area contributed by atoms with Crippen molar-refractivity contribution in [3.05, 3.63) is 65.2 Å². The van der Waals surface area contributed by atoms with Crippen molar-refractivity contribution in [2.75, 3.05) is 53.1 Å². The van der Waals surface area contributed by atoms with E-state index in [-0.39, 0.29) is 11.3 Å². The molecule has 0 saturated carbocycles. The van der Waals surface area contributed by atoms with Gasteiger partial charge in [-0.2, -0.15) is 0 Å². The topological polar surface area (TPSA) is 88.5 Å². The van der Waals surface area contributed by atoms with Crippen molar-refractivity contribution in [3.8, 4) is 11.5 Å². The zero-order chi connectivity index (χ0) is 26.4. The average molecular weight is 509 g/mol. The van der Waals surface area contributed by atoms with Gasteiger partial charge in [0, 0.05) is 37.3 Å². The summed E-state index contributed by atoms with van der Waals surface area (Å²) < 4.78 is 16.7. The van der Waals surface area contributed by atoms with E-state index in [4.69, 9.17) is 14.2 Å². The highest BCUT2D eigenvalue weighted by Gasteiger charge is 2.46. The standard InChI is InChI=1S/C29H36N2O6/c1-20(2)19-37-22-11-9-21(10-12-22)27(32)25-26(23-7-4-5-8-24(23)35-3)31(29(34)28(25)33)14-6-13-30-15-17-36-18-16-30/h4-5,7-12,20,26,32H,6,13-19H2,1-3H3/t26-/m1/s1. The number of hydrogen-bond donors (Lipinski definition) is 1. The van der Waals surface area contributed by atoms with Crippen LogP contribution >= 0.6 is 0 Å². The van der Waals surface area contributed by atoms with Crippen molar-refractivity contribution in [3.63, 3.8) is 0 Å². The highest BCUT2D eigenvalue weighted by molar-refractivity contribution is 6.46. The normalized spacial score (nSPS) is 20.0. The van der Waals surface area contributed by atoms with Crippen LogP contribution in [0.1, 0.15) is 37.4 Å². The molecule has 0 aromatic heterocycles. The van der Waals surface area contributed by atoms with E-state index in [0.717, 1.165) is 19.6 Å². The number of carbonyl (C=O) groups excluding carboxylic acids is 2. The Morgan fingerprint density at radius 2 is 1.76 bits per heavy atom. The maximum Gasteiger partial charge on any atom is 0.295 e. The summed E-state index contributed by atoms with van der Waals surface area (Å²) in [6.45, 7) is 8.99. The monoisotopic (exact) mass is 508 g/mol. The number of ether oxygens (including phenoxy) is 3. The first-order valence-electron chi connectivity index (χ1n) is 12.9. The molecule has 37 heavy (non-hydrogen) atoms. The van der Waals surface area contributed by atoms with Crippen LogP contribution in [0.25, 0.3) is 5.76 Å². The summed E-state index contributed by atoms with van der Waals surface area (Å²) in [5.74, 6) is 0.0933. The Morgan fingerprint density at radius 1 is 1.05 bits per heavy atom. The smallest absolute Gasteiger partial charge is 0.295 e. The van der Waals surface area contributed by atoms with Crippen LogP contribution in [-0.2, 0) is 14.3 Å². The first kappa shape index (κ1) is 26.7. The molecule has 2 fully saturated rings. The second-order valence-corrected chi connectivity index (χ2v) is 9.77. The van der Waals surface area contributed by atoms with Crippen LogP contribution in [0.2, 0.25) is 0 Å². The van der Waals surface area contributed by atoms with Crippen LogP contribution in [0.3, 0.4) is 0 Å². The molecule has 2 aromatic rings. The van der Waals surface area contributed by atoms with Crippen molar-refractivity contribution in [2.24, 2.45) is 5.92 Å². The largest absolute Gasteiger partial charge is 0.507 e. The number of benzene rings is 2. The number of carbonyl (C=O) groups is 2. The van der Waals surface area contributed by atoms with Crippen molar-refractivity contribution < 1.29 is 28.9 Å². The van der Waals surface area contributed by atoms with Gasteiger partial charge in [-0.1, -0.05) is 32.0 Å². The van der Waals surface area contributed by atoms with Crippen LogP contribution in [0, 0.1) is 5.92 Å². The molecule has 8 nitrogen and oxygen atoms in total. The number of methoxy groups -OCH3 is 1. The Bertz CT molecular complexity index is 1120. The quantitative estimate of drug-likeness (QED) is 0.296. The molecule has 1 N–H and O–H groups in total. The summed E-state index contributed by atoms with van der Waals surface area (Å²) >= 11 is 0. The Balaban J connectivity index is 1.65. The number of para-hydroxylation sites is 1. The predicted molar refractivity (Wildman–Crippen MR) is 141 cm³/mol. The van der Waals surface area contributed by atoms with E-state index in [2.05, 4.69) is 18.7 Å². The minimum Gasteiger partial charge on any atom is -0.507 e. The van der Waals surface area contributed by atoms with Gasteiger partial charge in [0.05, 0.1) is 38.5 Å². The number of hydrogen-bond acceptors (Lipinski definition) is 7. The van der Waals surface area contributed by atoms with Crippen molar-refractivity contribution in [2.45, 2.75) is 26.3 Å². The maximum atomic E-state index is 13.3. The van der Waals surface area contributed by atoms with Gasteiger partial charge in [0.1, 0.15) is 17.3 Å². The molecule has 2 aliphatic heterocycles. The van der Waals surface area contributed by atoms with E-state index in [1.165, 1.54) is 0 Å². The third-order valence-corrected chi connectivity index (χ3v) is 6.66. The number of nitrogens with zero attached hydrogens (tertiary/aromatic N) is 2. The van der Waals surface area contributed by atoms with Gasteiger partial charge in [0.2, 0.25) is 0 Å². The highest BCUT2D eigenvalue weighted by Crippen LogP contribution is 2.42. The number of ketones is 1. The fourth-order valence-corrected chi connectivity index (χ4v) is 4.74. The third-order valence-electron chi connectivity index (χ3n) is 6.66. The second kappa shape index (κ2) is 12.3. The van der Waals surface area contributed by atoms with Crippen molar-refractivity contribution in [1.29, 1.82) is 0 Å². The number of morpholine rings is 1. The van der Waals surface area contributed by atoms with E-state index in [9.17, 15) is 14.7 Å². The Hall–Kier alpha value is -3.36. The van der Waals surface area contributed by atoms with Crippen LogP contribution in [-0.4, -0.2) is 79.7 Å². The highest BCUT2D eigenvalue weighted by atomic mass is 16.5. The predicted octanol–water partition coefficient (Wildman–Crippen LogP) is 3.87. The molecular formula is C29H36N2O6. The summed E-state index contributed by atoms with van der Waals surface area (Å²) in [6.07, 6.45) is 0.695. The lowest BCUT2D eigenvalue weighted by Gasteiger charge is -2.29. The minimum atomic E-state index is -0.752. The van der Waals surface area contributed by atoms with Gasteiger partial charge in [0.15, 0.2) is 0 Å². The minimum absolute atomic E-state index is 0.0664. The van der Waals surface area contributed by atoms with E-state index >= 15 is 0 Å². The number of Topliss-reactive ketones (excluding diaryl/α,β-unsaturated/α-hetero) is 1. The molecule has 4 rings (SSSR count). The number of amides is 1. The molecule has 0 aliphatic carbocycles. The summed E-state index contributed by atoms with van der Waals surface area (Å²) in [5.41, 5.74) is 1.17. The fraction of sp³-hybridized carbons (Fsp3) is 0.448. The van der Waals surface area contributed by atoms with E-state index in [1.54, 1.807) is 42.3 Å². The molecule has 198 valence electrons. The third kappa shape index (κ3) is 6.14. The molecule has 0 bridgehead atoms. The molecule has 2 heterocycles. The van der Waals surface area contributed by atoms with Gasteiger partial charge in [-0.15, -0.1) is 0 Å². The molecule has 2 aliphatic rings. The Labute approximate surface area is 218 Å². The summed E-state index contributed by atoms with van der Waals surface area (Å²) in [4.78, 5) is 30.4. The zero-order valence-electron chi connectivity index (χ0n) is 21.8. The lowest BCUT2D eigenvalue weighted by Crippen LogP contribution is -2.39. The Morgan fingerprint density at radius 3 is 2.43 bits per heavy atom. The fourth-order valence-electron chi connectivity index (χ4n) is 4.74. The number of likely N-dealkylation sites (tertiary alicyclic amines) is 1. The lowest BCUT2D eigenvalue weighted by atomic mass is 9.94. The van der Waals surface area contributed by atoms with Crippen LogP contribution in [0.5, 0.6) is 11.5 Å². The van der Waals surface area contributed by atoms with Gasteiger partial charge in [-0.05, 0) is 42.7 Å². The number of aliphatic hydroxyl groups is 1. The second-order valence-electron chi connectivity index (χ2n) is 9.77. The van der Waals surface area contributed by atoms with Crippen LogP contribution < -0.4 is 9.47 Å². The summed E-state index contributed by atoms with van der Waals surface area (Å²) in [7, 11) is 1.55. The van der Waals surface area contributed by atoms with Crippen LogP contribution in [0.4, 0.5) is 0 Å². The first-order valence-corrected chi connectivity index (χ1v) is 12.9. The van der Waals surface area contributed by atoms with Gasteiger partial charge >= 0.3 is 0 Å². The van der Waals surface area contributed by atoms with E-state index in [1.807, 2.05) is 18.2 Å². The average Bonchev–Trinajstić information content (AvgIpc) is 3.17. The summed E-state index contributed by atoms with van der Waals surface area (Å²) in [6, 6.07) is 13.5. The number of aliphatic hydroxyl groups excluding tert-OH is 1. The van der Waals surface area contributed by atoms with Crippen molar-refractivity contribution >= 4 is 17.4 Å². The molecule has 0 spiro atoms. The maximum absolute atomic E-state index is 13.3. The molecular weight excluding hydrogens is 472 g/mol. The van der Waals surface area contributed by atoms with E-state index in [0.29, 0.717) is 61.3 Å².